The number of benzene rings is 2. The van der Waals surface area contributed by atoms with E-state index in [1.807, 2.05) is 70.6 Å². The van der Waals surface area contributed by atoms with E-state index in [4.69, 9.17) is 9.72 Å². The number of imidazole rings is 1. The molecule has 7 heteroatoms. The van der Waals surface area contributed by atoms with Crippen molar-refractivity contribution < 1.29 is 9.53 Å². The molecule has 0 atom stereocenters. The molecule has 0 fully saturated rings. The van der Waals surface area contributed by atoms with Crippen molar-refractivity contribution >= 4 is 44.6 Å². The highest BCUT2D eigenvalue weighted by Gasteiger charge is 2.18. The lowest BCUT2D eigenvalue weighted by atomic mass is 10.2. The van der Waals surface area contributed by atoms with E-state index in [1.165, 1.54) is 0 Å². The van der Waals surface area contributed by atoms with Crippen LogP contribution in [-0.4, -0.2) is 15.3 Å². The van der Waals surface area contributed by atoms with Gasteiger partial charge in [0.15, 0.2) is 0 Å². The van der Waals surface area contributed by atoms with Crippen LogP contribution in [0.25, 0.3) is 16.2 Å². The van der Waals surface area contributed by atoms with Crippen LogP contribution >= 0.6 is 27.3 Å². The van der Waals surface area contributed by atoms with Gasteiger partial charge in [0.05, 0.1) is 4.88 Å². The fourth-order valence-electron chi connectivity index (χ4n) is 3.20. The number of para-hydroxylation sites is 1. The average Bonchev–Trinajstić information content (AvgIpc) is 3.43. The molecule has 0 aliphatic carbocycles. The van der Waals surface area contributed by atoms with Gasteiger partial charge >= 0.3 is 0 Å². The van der Waals surface area contributed by atoms with E-state index < -0.39 is 0 Å². The zero-order valence-corrected chi connectivity index (χ0v) is 18.6. The molecule has 0 radical (unpaired) electrons. The van der Waals surface area contributed by atoms with Crippen molar-refractivity contribution in [1.82, 2.24) is 9.38 Å². The van der Waals surface area contributed by atoms with Gasteiger partial charge in [-0.25, -0.2) is 4.98 Å². The van der Waals surface area contributed by atoms with E-state index in [0.29, 0.717) is 17.1 Å². The zero-order valence-electron chi connectivity index (χ0n) is 16.2. The number of halogens is 1. The van der Waals surface area contributed by atoms with E-state index in [9.17, 15) is 4.79 Å². The number of amides is 1. The van der Waals surface area contributed by atoms with Gasteiger partial charge in [-0.1, -0.05) is 24.3 Å². The molecule has 0 saturated carbocycles. The van der Waals surface area contributed by atoms with E-state index in [1.54, 1.807) is 35.6 Å². The molecule has 0 aliphatic heterocycles. The summed E-state index contributed by atoms with van der Waals surface area (Å²) in [5.41, 5.74) is 2.03. The number of hydrogen-bond acceptors (Lipinski definition) is 4. The first-order chi connectivity index (χ1) is 15.2. The highest BCUT2D eigenvalue weighted by Crippen LogP contribution is 2.33. The Hall–Kier alpha value is -3.42. The van der Waals surface area contributed by atoms with Crippen LogP contribution in [0.4, 0.5) is 5.82 Å². The quantitative estimate of drug-likeness (QED) is 0.293. The lowest BCUT2D eigenvalue weighted by molar-refractivity contribution is 0.102. The maximum atomic E-state index is 13.0. The van der Waals surface area contributed by atoms with Gasteiger partial charge in [-0.3, -0.25) is 9.20 Å². The molecule has 1 N–H and O–H groups in total. The van der Waals surface area contributed by atoms with Crippen LogP contribution in [0.2, 0.25) is 0 Å². The van der Waals surface area contributed by atoms with Crippen LogP contribution in [0, 0.1) is 0 Å². The van der Waals surface area contributed by atoms with Crippen molar-refractivity contribution in [3.8, 4) is 22.1 Å². The summed E-state index contributed by atoms with van der Waals surface area (Å²) < 4.78 is 8.58. The molecule has 0 unspecified atom stereocenters. The van der Waals surface area contributed by atoms with Crippen molar-refractivity contribution in [2.45, 2.75) is 0 Å². The van der Waals surface area contributed by atoms with Gasteiger partial charge in [0.2, 0.25) is 0 Å². The molecule has 2 aromatic carbocycles. The molecule has 152 valence electrons. The summed E-state index contributed by atoms with van der Waals surface area (Å²) in [6, 6.07) is 24.4. The summed E-state index contributed by atoms with van der Waals surface area (Å²) in [6.07, 6.45) is 1.89. The average molecular weight is 490 g/mol. The van der Waals surface area contributed by atoms with E-state index >= 15 is 0 Å². The molecule has 3 aromatic heterocycles. The number of fused-ring (bicyclic) bond motifs is 1. The Morgan fingerprint density at radius 2 is 1.71 bits per heavy atom. The number of hydrogen-bond donors (Lipinski definition) is 1. The Bertz CT molecular complexity index is 1350. The second-order valence-electron chi connectivity index (χ2n) is 6.76. The third kappa shape index (κ3) is 4.10. The first-order valence-electron chi connectivity index (χ1n) is 9.53. The lowest BCUT2D eigenvalue weighted by Gasteiger charge is -2.09. The number of nitrogens with one attached hydrogen (secondary N) is 1. The fraction of sp³-hybridized carbons (Fsp3) is 0. The van der Waals surface area contributed by atoms with Crippen molar-refractivity contribution in [3.05, 3.63) is 100 Å². The zero-order chi connectivity index (χ0) is 21.2. The molecule has 0 bridgehead atoms. The van der Waals surface area contributed by atoms with E-state index in [0.717, 1.165) is 26.4 Å². The van der Waals surface area contributed by atoms with Gasteiger partial charge in [0, 0.05) is 16.2 Å². The number of aromatic nitrogens is 2. The van der Waals surface area contributed by atoms with Gasteiger partial charge in [-0.2, -0.15) is 0 Å². The Labute approximate surface area is 191 Å². The summed E-state index contributed by atoms with van der Waals surface area (Å²) >= 11 is 5.08. The number of nitrogens with zero attached hydrogens (tertiary/aromatic N) is 2. The largest absolute Gasteiger partial charge is 0.457 e. The lowest BCUT2D eigenvalue weighted by Crippen LogP contribution is -2.14. The fourth-order valence-corrected chi connectivity index (χ4v) is 4.25. The Morgan fingerprint density at radius 3 is 2.45 bits per heavy atom. The van der Waals surface area contributed by atoms with Gasteiger partial charge in [-0.15, -0.1) is 11.3 Å². The SMILES string of the molecule is O=C(Nc1c(-c2cccs2)nc2ccc(Br)cn12)c1ccc(Oc2ccccc2)cc1. The van der Waals surface area contributed by atoms with Crippen LogP contribution in [0.1, 0.15) is 10.4 Å². The van der Waals surface area contributed by atoms with Crippen molar-refractivity contribution in [3.63, 3.8) is 0 Å². The first kappa shape index (κ1) is 19.5. The summed E-state index contributed by atoms with van der Waals surface area (Å²) in [4.78, 5) is 18.7. The van der Waals surface area contributed by atoms with E-state index in [-0.39, 0.29) is 5.91 Å². The van der Waals surface area contributed by atoms with Crippen molar-refractivity contribution in [2.24, 2.45) is 0 Å². The number of carbonyl (C=O) groups is 1. The molecule has 31 heavy (non-hydrogen) atoms. The number of ether oxygens (including phenoxy) is 1. The van der Waals surface area contributed by atoms with Crippen LogP contribution in [0.5, 0.6) is 11.5 Å². The Balaban J connectivity index is 1.44. The third-order valence-corrected chi connectivity index (χ3v) is 6.01. The minimum atomic E-state index is -0.217. The minimum Gasteiger partial charge on any atom is -0.457 e. The minimum absolute atomic E-state index is 0.217. The second-order valence-corrected chi connectivity index (χ2v) is 8.62. The van der Waals surface area contributed by atoms with Crippen LogP contribution in [0.15, 0.2) is 94.9 Å². The second kappa shape index (κ2) is 8.37. The molecule has 0 spiro atoms. The Kier molecular flexibility index (Phi) is 5.28. The monoisotopic (exact) mass is 489 g/mol. The molecule has 5 aromatic rings. The highest BCUT2D eigenvalue weighted by molar-refractivity contribution is 9.10. The van der Waals surface area contributed by atoms with Crippen molar-refractivity contribution in [2.75, 3.05) is 5.32 Å². The maximum absolute atomic E-state index is 13.0. The third-order valence-electron chi connectivity index (χ3n) is 4.66. The van der Waals surface area contributed by atoms with Gasteiger partial charge in [0.25, 0.3) is 5.91 Å². The number of carbonyl (C=O) groups excluding carboxylic acids is 1. The summed E-state index contributed by atoms with van der Waals surface area (Å²) in [5, 5.41) is 5.03. The number of rotatable bonds is 5. The Morgan fingerprint density at radius 1 is 0.935 bits per heavy atom. The highest BCUT2D eigenvalue weighted by atomic mass is 79.9. The summed E-state index contributed by atoms with van der Waals surface area (Å²) in [6.45, 7) is 0. The van der Waals surface area contributed by atoms with Gasteiger partial charge < -0.3 is 10.1 Å². The summed E-state index contributed by atoms with van der Waals surface area (Å²) in [5.74, 6) is 1.83. The van der Waals surface area contributed by atoms with Gasteiger partial charge in [0.1, 0.15) is 28.7 Å². The predicted molar refractivity (Wildman–Crippen MR) is 127 cm³/mol. The summed E-state index contributed by atoms with van der Waals surface area (Å²) in [7, 11) is 0. The first-order valence-corrected chi connectivity index (χ1v) is 11.2. The molecule has 5 nitrogen and oxygen atoms in total. The smallest absolute Gasteiger partial charge is 0.256 e. The molecular weight excluding hydrogens is 474 g/mol. The standard InChI is InChI=1S/C24H16BrN3O2S/c25-17-10-13-21-26-22(20-7-4-14-31-20)23(28(21)15-17)27-24(29)16-8-11-19(12-9-16)30-18-5-2-1-3-6-18/h1-15H,(H,27,29). The molecule has 5 rings (SSSR count). The topological polar surface area (TPSA) is 55.6 Å². The van der Waals surface area contributed by atoms with Crippen LogP contribution < -0.4 is 10.1 Å². The van der Waals surface area contributed by atoms with E-state index in [2.05, 4.69) is 21.2 Å². The normalized spacial score (nSPS) is 10.9. The number of anilines is 1. The van der Waals surface area contributed by atoms with Crippen molar-refractivity contribution in [1.29, 1.82) is 0 Å². The van der Waals surface area contributed by atoms with Gasteiger partial charge in [-0.05, 0) is 75.9 Å². The molecule has 0 aliphatic rings. The predicted octanol–water partition coefficient (Wildman–Crippen LogP) is 6.87. The molecule has 3 heterocycles. The number of pyridine rings is 1. The molecule has 1 amide bonds. The van der Waals surface area contributed by atoms with Crippen LogP contribution in [-0.2, 0) is 0 Å². The van der Waals surface area contributed by atoms with Crippen LogP contribution in [0.3, 0.4) is 0 Å². The molecular formula is C24H16BrN3O2S. The number of thiophene rings is 1. The molecule has 0 saturated heterocycles. The maximum Gasteiger partial charge on any atom is 0.256 e.